The standard InChI is InChI=1S/C29H42FN/c1-9-28(30)18-23(6)25(8)31-29-15-14-27(17-24(29)7)21(4)11-10-20(3)26-13-12-19(2)22(5)16-26/h12-17,20-21,23,28,31H,8-11,18H2,1-7H3/t20-,21?,23+,28-/m1/s1. The van der Waals surface area contributed by atoms with E-state index in [1.165, 1.54) is 40.7 Å². The van der Waals surface area contributed by atoms with Crippen LogP contribution in [0.5, 0.6) is 0 Å². The summed E-state index contributed by atoms with van der Waals surface area (Å²) in [4.78, 5) is 0. The van der Waals surface area contributed by atoms with E-state index >= 15 is 0 Å². The van der Waals surface area contributed by atoms with E-state index in [1.54, 1.807) is 0 Å². The summed E-state index contributed by atoms with van der Waals surface area (Å²) in [5, 5.41) is 3.43. The summed E-state index contributed by atoms with van der Waals surface area (Å²) in [6.07, 6.45) is 2.67. The third-order valence-electron chi connectivity index (χ3n) is 6.89. The van der Waals surface area contributed by atoms with E-state index in [4.69, 9.17) is 0 Å². The number of anilines is 1. The van der Waals surface area contributed by atoms with Gasteiger partial charge in [0.15, 0.2) is 0 Å². The quantitative estimate of drug-likeness (QED) is 0.380. The average Bonchev–Trinajstić information content (AvgIpc) is 2.74. The summed E-state index contributed by atoms with van der Waals surface area (Å²) in [5.41, 5.74) is 8.74. The van der Waals surface area contributed by atoms with Crippen LogP contribution in [-0.2, 0) is 0 Å². The molecule has 1 nitrogen and oxygen atoms in total. The lowest BCUT2D eigenvalue weighted by Crippen LogP contribution is -2.13. The highest BCUT2D eigenvalue weighted by molar-refractivity contribution is 5.56. The van der Waals surface area contributed by atoms with E-state index in [1.807, 2.05) is 13.8 Å². The van der Waals surface area contributed by atoms with Crippen molar-refractivity contribution < 1.29 is 4.39 Å². The van der Waals surface area contributed by atoms with Gasteiger partial charge in [0.2, 0.25) is 0 Å². The van der Waals surface area contributed by atoms with Crippen LogP contribution in [0, 0.1) is 26.7 Å². The van der Waals surface area contributed by atoms with Gasteiger partial charge in [0.1, 0.15) is 6.17 Å². The first-order chi connectivity index (χ1) is 14.6. The second kappa shape index (κ2) is 11.5. The van der Waals surface area contributed by atoms with Crippen molar-refractivity contribution >= 4 is 5.69 Å². The van der Waals surface area contributed by atoms with Crippen LogP contribution >= 0.6 is 0 Å². The summed E-state index contributed by atoms with van der Waals surface area (Å²) in [6.45, 7) is 19.2. The molecule has 0 amide bonds. The van der Waals surface area contributed by atoms with Gasteiger partial charge in [-0.25, -0.2) is 4.39 Å². The molecule has 0 aliphatic heterocycles. The number of nitrogens with one attached hydrogen (secondary N) is 1. The molecule has 31 heavy (non-hydrogen) atoms. The molecule has 0 saturated carbocycles. The Morgan fingerprint density at radius 3 is 1.94 bits per heavy atom. The van der Waals surface area contributed by atoms with Crippen LogP contribution in [-0.4, -0.2) is 6.17 Å². The normalized spacial score (nSPS) is 15.2. The SMILES string of the molecule is C=C(Nc1ccc(C(C)CC[C@@H](C)c2ccc(C)c(C)c2)cc1C)[C@@H](C)C[C@H](F)CC. The number of halogens is 1. The highest BCUT2D eigenvalue weighted by Crippen LogP contribution is 2.31. The van der Waals surface area contributed by atoms with Crippen molar-refractivity contribution in [3.63, 3.8) is 0 Å². The maximum Gasteiger partial charge on any atom is 0.100 e. The van der Waals surface area contributed by atoms with Gasteiger partial charge in [-0.05, 0) is 98.1 Å². The predicted molar refractivity (Wildman–Crippen MR) is 135 cm³/mol. The van der Waals surface area contributed by atoms with Gasteiger partial charge in [-0.1, -0.05) is 64.6 Å². The van der Waals surface area contributed by atoms with Crippen LogP contribution in [0.1, 0.15) is 93.0 Å². The van der Waals surface area contributed by atoms with Crippen LogP contribution in [0.4, 0.5) is 10.1 Å². The molecule has 0 aromatic heterocycles. The molecule has 2 aromatic carbocycles. The summed E-state index contributed by atoms with van der Waals surface area (Å²) in [6, 6.07) is 13.5. The van der Waals surface area contributed by atoms with Crippen LogP contribution in [0.25, 0.3) is 0 Å². The molecule has 0 bridgehead atoms. The molecule has 170 valence electrons. The zero-order valence-corrected chi connectivity index (χ0v) is 20.7. The lowest BCUT2D eigenvalue weighted by molar-refractivity contribution is 0.281. The summed E-state index contributed by atoms with van der Waals surface area (Å²) >= 11 is 0. The van der Waals surface area contributed by atoms with Crippen LogP contribution in [0.2, 0.25) is 0 Å². The Balaban J connectivity index is 1.95. The van der Waals surface area contributed by atoms with Gasteiger partial charge >= 0.3 is 0 Å². The monoisotopic (exact) mass is 423 g/mol. The fourth-order valence-electron chi connectivity index (χ4n) is 4.03. The third-order valence-corrected chi connectivity index (χ3v) is 6.89. The van der Waals surface area contributed by atoms with Crippen LogP contribution in [0.3, 0.4) is 0 Å². The summed E-state index contributed by atoms with van der Waals surface area (Å²) in [5.74, 6) is 1.19. The molecule has 1 N–H and O–H groups in total. The molecular formula is C29H42FN. The van der Waals surface area contributed by atoms with E-state index in [9.17, 15) is 4.39 Å². The Bertz CT molecular complexity index is 869. The molecule has 0 spiro atoms. The first-order valence-corrected chi connectivity index (χ1v) is 11.9. The van der Waals surface area contributed by atoms with Crippen molar-refractivity contribution in [1.29, 1.82) is 0 Å². The van der Waals surface area contributed by atoms with Crippen molar-refractivity contribution in [2.75, 3.05) is 5.32 Å². The van der Waals surface area contributed by atoms with E-state index in [2.05, 4.69) is 82.9 Å². The lowest BCUT2D eigenvalue weighted by atomic mass is 9.88. The van der Waals surface area contributed by atoms with Gasteiger partial charge in [-0.3, -0.25) is 0 Å². The summed E-state index contributed by atoms with van der Waals surface area (Å²) in [7, 11) is 0. The minimum atomic E-state index is -0.760. The predicted octanol–water partition coefficient (Wildman–Crippen LogP) is 9.00. The zero-order valence-electron chi connectivity index (χ0n) is 20.7. The minimum absolute atomic E-state index is 0.111. The number of allylic oxidation sites excluding steroid dienone is 1. The van der Waals surface area contributed by atoms with E-state index in [0.29, 0.717) is 24.7 Å². The number of benzene rings is 2. The smallest absolute Gasteiger partial charge is 0.100 e. The molecule has 0 saturated heterocycles. The molecule has 4 atom stereocenters. The van der Waals surface area contributed by atoms with E-state index in [-0.39, 0.29) is 5.92 Å². The molecule has 0 heterocycles. The van der Waals surface area contributed by atoms with Crippen molar-refractivity contribution in [2.45, 2.75) is 92.2 Å². The number of hydrogen-bond donors (Lipinski definition) is 1. The zero-order chi connectivity index (χ0) is 23.1. The maximum atomic E-state index is 13.7. The molecule has 2 aromatic rings. The van der Waals surface area contributed by atoms with Crippen molar-refractivity contribution in [3.05, 3.63) is 76.5 Å². The molecule has 2 rings (SSSR count). The maximum absolute atomic E-state index is 13.7. The largest absolute Gasteiger partial charge is 0.359 e. The lowest BCUT2D eigenvalue weighted by Gasteiger charge is -2.21. The second-order valence-electron chi connectivity index (χ2n) is 9.59. The Morgan fingerprint density at radius 2 is 1.42 bits per heavy atom. The van der Waals surface area contributed by atoms with Gasteiger partial charge in [0.25, 0.3) is 0 Å². The van der Waals surface area contributed by atoms with Gasteiger partial charge < -0.3 is 5.32 Å². The van der Waals surface area contributed by atoms with E-state index in [0.717, 1.165) is 11.4 Å². The first-order valence-electron chi connectivity index (χ1n) is 11.9. The van der Waals surface area contributed by atoms with Crippen molar-refractivity contribution in [3.8, 4) is 0 Å². The number of hydrogen-bond acceptors (Lipinski definition) is 1. The van der Waals surface area contributed by atoms with Gasteiger partial charge in [0, 0.05) is 11.4 Å². The molecule has 2 heteroatoms. The minimum Gasteiger partial charge on any atom is -0.359 e. The average molecular weight is 424 g/mol. The second-order valence-corrected chi connectivity index (χ2v) is 9.59. The Kier molecular flexibility index (Phi) is 9.34. The number of aryl methyl sites for hydroxylation is 3. The third kappa shape index (κ3) is 7.23. The van der Waals surface area contributed by atoms with Crippen molar-refractivity contribution in [1.82, 2.24) is 0 Å². The Labute approximate surface area is 190 Å². The number of rotatable bonds is 11. The highest BCUT2D eigenvalue weighted by Gasteiger charge is 2.15. The molecular weight excluding hydrogens is 381 g/mol. The molecule has 0 fully saturated rings. The number of alkyl halides is 1. The fourth-order valence-corrected chi connectivity index (χ4v) is 4.03. The first kappa shape index (κ1) is 25.2. The highest BCUT2D eigenvalue weighted by atomic mass is 19.1. The van der Waals surface area contributed by atoms with Crippen molar-refractivity contribution in [2.24, 2.45) is 5.92 Å². The van der Waals surface area contributed by atoms with Gasteiger partial charge in [-0.15, -0.1) is 0 Å². The molecule has 0 radical (unpaired) electrons. The Hall–Kier alpha value is -2.09. The van der Waals surface area contributed by atoms with E-state index < -0.39 is 6.17 Å². The fraction of sp³-hybridized carbons (Fsp3) is 0.517. The molecule has 1 unspecified atom stereocenters. The Morgan fingerprint density at radius 1 is 0.871 bits per heavy atom. The molecule has 0 aliphatic rings. The van der Waals surface area contributed by atoms with Gasteiger partial charge in [-0.2, -0.15) is 0 Å². The van der Waals surface area contributed by atoms with Gasteiger partial charge in [0.05, 0.1) is 0 Å². The van der Waals surface area contributed by atoms with Crippen LogP contribution < -0.4 is 5.32 Å². The van der Waals surface area contributed by atoms with Crippen LogP contribution in [0.15, 0.2) is 48.7 Å². The topological polar surface area (TPSA) is 12.0 Å². The summed E-state index contributed by atoms with van der Waals surface area (Å²) < 4.78 is 13.7. The molecule has 0 aliphatic carbocycles.